The van der Waals surface area contributed by atoms with E-state index in [1.54, 1.807) is 0 Å². The van der Waals surface area contributed by atoms with Crippen molar-refractivity contribution in [3.05, 3.63) is 78.9 Å². The summed E-state index contributed by atoms with van der Waals surface area (Å²) in [6.45, 7) is 3.10. The molecule has 0 bridgehead atoms. The summed E-state index contributed by atoms with van der Waals surface area (Å²) in [7, 11) is 0. The minimum Gasteiger partial charge on any atom is -0.494 e. The fourth-order valence-corrected chi connectivity index (χ4v) is 4.64. The van der Waals surface area contributed by atoms with E-state index in [1.165, 1.54) is 90.5 Å². The van der Waals surface area contributed by atoms with Gasteiger partial charge in [-0.25, -0.2) is 0 Å². The number of benzene rings is 4. The van der Waals surface area contributed by atoms with Crippen molar-refractivity contribution >= 4 is 21.5 Å². The lowest BCUT2D eigenvalue weighted by Crippen LogP contribution is -1.97. The molecule has 0 aromatic heterocycles. The van der Waals surface area contributed by atoms with Gasteiger partial charge in [-0.2, -0.15) is 0 Å². The fraction of sp³-hybridized carbons (Fsp3) is 0.375. The minimum atomic E-state index is 0.818. The van der Waals surface area contributed by atoms with Crippen LogP contribution < -0.4 is 4.74 Å². The Hall–Kier alpha value is -2.80. The number of hydrogen-bond acceptors (Lipinski definition) is 1. The van der Waals surface area contributed by atoms with Crippen LogP contribution >= 0.6 is 0 Å². The smallest absolute Gasteiger partial charge is 0.119 e. The van der Waals surface area contributed by atoms with Crippen molar-refractivity contribution in [2.75, 3.05) is 6.61 Å². The Labute approximate surface area is 199 Å². The van der Waals surface area contributed by atoms with Crippen LogP contribution in [0.3, 0.4) is 0 Å². The maximum absolute atomic E-state index is 5.99. The summed E-state index contributed by atoms with van der Waals surface area (Å²) < 4.78 is 5.99. The van der Waals surface area contributed by atoms with E-state index in [9.17, 15) is 0 Å². The van der Waals surface area contributed by atoms with Gasteiger partial charge in [0.2, 0.25) is 0 Å². The first-order valence-electron chi connectivity index (χ1n) is 13.0. The third-order valence-corrected chi connectivity index (χ3v) is 6.66. The van der Waals surface area contributed by atoms with Crippen molar-refractivity contribution < 1.29 is 4.74 Å². The van der Waals surface area contributed by atoms with Crippen LogP contribution in [0.4, 0.5) is 0 Å². The van der Waals surface area contributed by atoms with Crippen LogP contribution in [0.2, 0.25) is 0 Å². The SMILES string of the molecule is CCCCCCCCCCCCOc1ccc(-c2ccc3cc4ccccc4cc3c2)cc1. The third kappa shape index (κ3) is 6.84. The van der Waals surface area contributed by atoms with Crippen LogP contribution in [-0.4, -0.2) is 6.61 Å². The molecule has 4 aromatic rings. The van der Waals surface area contributed by atoms with Gasteiger partial charge in [0.15, 0.2) is 0 Å². The molecule has 4 rings (SSSR count). The molecule has 0 fully saturated rings. The lowest BCUT2D eigenvalue weighted by atomic mass is 9.98. The fourth-order valence-electron chi connectivity index (χ4n) is 4.64. The molecule has 4 aromatic carbocycles. The van der Waals surface area contributed by atoms with Crippen molar-refractivity contribution in [2.24, 2.45) is 0 Å². The van der Waals surface area contributed by atoms with E-state index < -0.39 is 0 Å². The Bertz CT molecular complexity index is 1130. The first-order valence-corrected chi connectivity index (χ1v) is 13.0. The summed E-state index contributed by atoms with van der Waals surface area (Å²) in [5.41, 5.74) is 2.48. The molecule has 0 heterocycles. The summed E-state index contributed by atoms with van der Waals surface area (Å²) in [5.74, 6) is 0.974. The maximum Gasteiger partial charge on any atom is 0.119 e. The van der Waals surface area contributed by atoms with E-state index >= 15 is 0 Å². The van der Waals surface area contributed by atoms with Crippen LogP contribution in [0.1, 0.15) is 71.1 Å². The first-order chi connectivity index (χ1) is 16.3. The molecule has 0 aliphatic carbocycles. The van der Waals surface area contributed by atoms with Crippen LogP contribution in [-0.2, 0) is 0 Å². The van der Waals surface area contributed by atoms with Gasteiger partial charge in [0.05, 0.1) is 6.61 Å². The van der Waals surface area contributed by atoms with E-state index in [-0.39, 0.29) is 0 Å². The highest BCUT2D eigenvalue weighted by Crippen LogP contribution is 2.29. The van der Waals surface area contributed by atoms with Crippen LogP contribution in [0.25, 0.3) is 32.7 Å². The molecule has 0 saturated heterocycles. The molecule has 1 nitrogen and oxygen atoms in total. The average molecular weight is 439 g/mol. The van der Waals surface area contributed by atoms with Gasteiger partial charge < -0.3 is 4.74 Å². The van der Waals surface area contributed by atoms with Crippen LogP contribution in [0.5, 0.6) is 5.75 Å². The Morgan fingerprint density at radius 2 is 1.03 bits per heavy atom. The Morgan fingerprint density at radius 3 is 1.70 bits per heavy atom. The predicted molar refractivity (Wildman–Crippen MR) is 144 cm³/mol. The minimum absolute atomic E-state index is 0.818. The molecule has 0 N–H and O–H groups in total. The number of hydrogen-bond donors (Lipinski definition) is 0. The second-order valence-corrected chi connectivity index (χ2v) is 9.32. The zero-order valence-electron chi connectivity index (χ0n) is 20.2. The number of unbranched alkanes of at least 4 members (excludes halogenated alkanes) is 9. The molecule has 1 heteroatoms. The third-order valence-electron chi connectivity index (χ3n) is 6.66. The second kappa shape index (κ2) is 12.4. The second-order valence-electron chi connectivity index (χ2n) is 9.32. The molecule has 0 saturated carbocycles. The zero-order chi connectivity index (χ0) is 22.7. The molecule has 0 amide bonds. The van der Waals surface area contributed by atoms with Gasteiger partial charge in [-0.05, 0) is 69.4 Å². The van der Waals surface area contributed by atoms with Crippen molar-refractivity contribution in [1.82, 2.24) is 0 Å². The molecule has 33 heavy (non-hydrogen) atoms. The lowest BCUT2D eigenvalue weighted by Gasteiger charge is -2.09. The number of fused-ring (bicyclic) bond motifs is 2. The largest absolute Gasteiger partial charge is 0.494 e. The molecule has 0 radical (unpaired) electrons. The molecule has 0 aliphatic rings. The van der Waals surface area contributed by atoms with Crippen molar-refractivity contribution in [2.45, 2.75) is 71.1 Å². The maximum atomic E-state index is 5.99. The van der Waals surface area contributed by atoms with Crippen LogP contribution in [0.15, 0.2) is 78.9 Å². The highest BCUT2D eigenvalue weighted by atomic mass is 16.5. The van der Waals surface area contributed by atoms with Gasteiger partial charge >= 0.3 is 0 Å². The van der Waals surface area contributed by atoms with Gasteiger partial charge in [0, 0.05) is 0 Å². The van der Waals surface area contributed by atoms with E-state index in [2.05, 4.69) is 85.8 Å². The molecule has 0 unspecified atom stereocenters. The summed E-state index contributed by atoms with van der Waals surface area (Å²) in [5, 5.41) is 5.15. The van der Waals surface area contributed by atoms with E-state index in [0.717, 1.165) is 18.8 Å². The molecular weight excluding hydrogens is 400 g/mol. The quantitative estimate of drug-likeness (QED) is 0.149. The van der Waals surface area contributed by atoms with E-state index in [1.807, 2.05) is 0 Å². The van der Waals surface area contributed by atoms with Crippen LogP contribution in [0, 0.1) is 0 Å². The zero-order valence-corrected chi connectivity index (χ0v) is 20.2. The van der Waals surface area contributed by atoms with Crippen molar-refractivity contribution in [3.63, 3.8) is 0 Å². The van der Waals surface area contributed by atoms with Crippen molar-refractivity contribution in [3.8, 4) is 16.9 Å². The number of ether oxygens (including phenoxy) is 1. The van der Waals surface area contributed by atoms with Gasteiger partial charge in [-0.3, -0.25) is 0 Å². The standard InChI is InChI=1S/C32H38O/c1-2-3-4-5-6-7-8-9-10-13-22-33-32-20-18-26(19-21-32)29-16-17-30-23-27-14-11-12-15-28(27)24-31(30)25-29/h11-12,14-21,23-25H,2-10,13,22H2,1H3. The lowest BCUT2D eigenvalue weighted by molar-refractivity contribution is 0.304. The molecule has 0 atom stereocenters. The monoisotopic (exact) mass is 438 g/mol. The Morgan fingerprint density at radius 1 is 0.485 bits per heavy atom. The Balaban J connectivity index is 1.22. The number of rotatable bonds is 13. The highest BCUT2D eigenvalue weighted by molar-refractivity contribution is 5.99. The summed E-state index contributed by atoms with van der Waals surface area (Å²) in [6.07, 6.45) is 13.5. The van der Waals surface area contributed by atoms with Gasteiger partial charge in [-0.1, -0.05) is 113 Å². The average Bonchev–Trinajstić information content (AvgIpc) is 2.86. The topological polar surface area (TPSA) is 9.23 Å². The molecule has 0 spiro atoms. The summed E-state index contributed by atoms with van der Waals surface area (Å²) >= 11 is 0. The molecule has 172 valence electrons. The predicted octanol–water partition coefficient (Wildman–Crippen LogP) is 9.96. The summed E-state index contributed by atoms with van der Waals surface area (Å²) in [6, 6.07) is 28.4. The van der Waals surface area contributed by atoms with Gasteiger partial charge in [0.1, 0.15) is 5.75 Å². The Kier molecular flexibility index (Phi) is 8.81. The molecule has 0 aliphatic heterocycles. The van der Waals surface area contributed by atoms with Crippen molar-refractivity contribution in [1.29, 1.82) is 0 Å². The van der Waals surface area contributed by atoms with Gasteiger partial charge in [0.25, 0.3) is 0 Å². The normalized spacial score (nSPS) is 11.3. The van der Waals surface area contributed by atoms with Gasteiger partial charge in [-0.15, -0.1) is 0 Å². The first kappa shape index (κ1) is 23.4. The molecular formula is C32H38O. The summed E-state index contributed by atoms with van der Waals surface area (Å²) in [4.78, 5) is 0. The van der Waals surface area contributed by atoms with E-state index in [0.29, 0.717) is 0 Å². The highest BCUT2D eigenvalue weighted by Gasteiger charge is 2.03. The van der Waals surface area contributed by atoms with E-state index in [4.69, 9.17) is 4.74 Å².